The van der Waals surface area contributed by atoms with Crippen molar-refractivity contribution in [3.05, 3.63) is 54.1 Å². The van der Waals surface area contributed by atoms with Crippen molar-refractivity contribution in [3.63, 3.8) is 0 Å². The van der Waals surface area contributed by atoms with Gasteiger partial charge in [0.15, 0.2) is 5.78 Å². The van der Waals surface area contributed by atoms with E-state index in [0.29, 0.717) is 5.70 Å². The van der Waals surface area contributed by atoms with Gasteiger partial charge in [-0.05, 0) is 17.7 Å². The van der Waals surface area contributed by atoms with Crippen LogP contribution in [0.3, 0.4) is 0 Å². The molecular weight excluding hydrogens is 198 g/mol. The van der Waals surface area contributed by atoms with Gasteiger partial charge in [0.2, 0.25) is 0 Å². The van der Waals surface area contributed by atoms with Gasteiger partial charge in [0.1, 0.15) is 0 Å². The molecule has 80 valence electrons. The van der Waals surface area contributed by atoms with E-state index in [9.17, 15) is 4.79 Å². The summed E-state index contributed by atoms with van der Waals surface area (Å²) >= 11 is 0. The van der Waals surface area contributed by atoms with Gasteiger partial charge in [0, 0.05) is 17.3 Å². The molecular formula is C14H13NO. The average Bonchev–Trinajstić information content (AvgIpc) is 2.27. The van der Waals surface area contributed by atoms with Crippen molar-refractivity contribution in [1.29, 1.82) is 0 Å². The molecule has 0 aromatic heterocycles. The van der Waals surface area contributed by atoms with Crippen molar-refractivity contribution in [1.82, 2.24) is 0 Å². The number of hydrogen-bond acceptors (Lipinski definition) is 2. The first-order valence-electron chi connectivity index (χ1n) is 5.14. The Labute approximate surface area is 94.4 Å². The van der Waals surface area contributed by atoms with Crippen LogP contribution in [-0.4, -0.2) is 5.78 Å². The first kappa shape index (κ1) is 10.4. The minimum atomic E-state index is -0.0366. The van der Waals surface area contributed by atoms with Gasteiger partial charge in [-0.1, -0.05) is 42.5 Å². The van der Waals surface area contributed by atoms with Crippen molar-refractivity contribution in [2.24, 2.45) is 5.73 Å². The zero-order valence-corrected chi connectivity index (χ0v) is 9.10. The fourth-order valence-corrected chi connectivity index (χ4v) is 1.77. The Morgan fingerprint density at radius 2 is 1.81 bits per heavy atom. The van der Waals surface area contributed by atoms with E-state index in [-0.39, 0.29) is 5.78 Å². The van der Waals surface area contributed by atoms with Crippen molar-refractivity contribution in [3.8, 4) is 0 Å². The van der Waals surface area contributed by atoms with E-state index in [0.717, 1.165) is 16.3 Å². The predicted molar refractivity (Wildman–Crippen MR) is 66.8 cm³/mol. The Morgan fingerprint density at radius 3 is 2.56 bits per heavy atom. The third-order valence-electron chi connectivity index (χ3n) is 2.46. The number of nitrogens with two attached hydrogens (primary N) is 1. The van der Waals surface area contributed by atoms with Gasteiger partial charge in [0.05, 0.1) is 0 Å². The number of allylic oxidation sites excluding steroid dienone is 1. The highest BCUT2D eigenvalue weighted by molar-refractivity contribution is 6.00. The highest BCUT2D eigenvalue weighted by Crippen LogP contribution is 2.22. The Kier molecular flexibility index (Phi) is 2.73. The molecule has 0 spiro atoms. The minimum Gasteiger partial charge on any atom is -0.398 e. The predicted octanol–water partition coefficient (Wildman–Crippen LogP) is 2.73. The topological polar surface area (TPSA) is 43.1 Å². The molecule has 0 atom stereocenters. The lowest BCUT2D eigenvalue weighted by molar-refractivity contribution is -0.112. The van der Waals surface area contributed by atoms with Gasteiger partial charge in [-0.3, -0.25) is 4.79 Å². The minimum absolute atomic E-state index is 0.0366. The van der Waals surface area contributed by atoms with Crippen LogP contribution >= 0.6 is 0 Å². The lowest BCUT2D eigenvalue weighted by atomic mass is 10.0. The average molecular weight is 211 g/mol. The standard InChI is InChI=1S/C14H13NO/c1-10(16)9-14(15)13-8-4-6-11-5-2-3-7-12(11)13/h2-9H,15H2,1H3. The molecule has 0 unspecified atom stereocenters. The first-order valence-corrected chi connectivity index (χ1v) is 5.14. The summed E-state index contributed by atoms with van der Waals surface area (Å²) in [5, 5.41) is 2.19. The summed E-state index contributed by atoms with van der Waals surface area (Å²) in [6.07, 6.45) is 1.46. The van der Waals surface area contributed by atoms with Crippen LogP contribution in [0.25, 0.3) is 16.5 Å². The molecule has 0 aliphatic carbocycles. The lowest BCUT2D eigenvalue weighted by Crippen LogP contribution is -1.99. The molecule has 0 aliphatic rings. The monoisotopic (exact) mass is 211 g/mol. The summed E-state index contributed by atoms with van der Waals surface area (Å²) in [5.41, 5.74) is 7.33. The number of benzene rings is 2. The van der Waals surface area contributed by atoms with Gasteiger partial charge >= 0.3 is 0 Å². The maximum absolute atomic E-state index is 11.0. The van der Waals surface area contributed by atoms with Crippen molar-refractivity contribution in [2.45, 2.75) is 6.92 Å². The van der Waals surface area contributed by atoms with Crippen molar-refractivity contribution in [2.75, 3.05) is 0 Å². The third-order valence-corrected chi connectivity index (χ3v) is 2.46. The van der Waals surface area contributed by atoms with Crippen LogP contribution in [0, 0.1) is 0 Å². The molecule has 2 aromatic carbocycles. The molecule has 0 saturated heterocycles. The molecule has 2 aromatic rings. The summed E-state index contributed by atoms with van der Waals surface area (Å²) in [4.78, 5) is 11.0. The fraction of sp³-hybridized carbons (Fsp3) is 0.0714. The van der Waals surface area contributed by atoms with E-state index in [1.807, 2.05) is 42.5 Å². The van der Waals surface area contributed by atoms with Crippen LogP contribution in [0.2, 0.25) is 0 Å². The molecule has 0 saturated carbocycles. The summed E-state index contributed by atoms with van der Waals surface area (Å²) < 4.78 is 0. The van der Waals surface area contributed by atoms with Gasteiger partial charge in [-0.15, -0.1) is 0 Å². The van der Waals surface area contributed by atoms with Crippen LogP contribution < -0.4 is 5.73 Å². The zero-order chi connectivity index (χ0) is 11.5. The molecule has 2 N–H and O–H groups in total. The normalized spacial score (nSPS) is 11.7. The quantitative estimate of drug-likeness (QED) is 0.776. The molecule has 0 aliphatic heterocycles. The summed E-state index contributed by atoms with van der Waals surface area (Å²) in [7, 11) is 0. The van der Waals surface area contributed by atoms with Crippen molar-refractivity contribution >= 4 is 22.3 Å². The van der Waals surface area contributed by atoms with E-state index >= 15 is 0 Å². The zero-order valence-electron chi connectivity index (χ0n) is 9.10. The molecule has 0 fully saturated rings. The number of carbonyl (C=O) groups excluding carboxylic acids is 1. The van der Waals surface area contributed by atoms with Crippen LogP contribution in [0.1, 0.15) is 12.5 Å². The van der Waals surface area contributed by atoms with Gasteiger partial charge in [0.25, 0.3) is 0 Å². The second-order valence-corrected chi connectivity index (χ2v) is 3.74. The molecule has 0 bridgehead atoms. The van der Waals surface area contributed by atoms with Crippen LogP contribution in [0.15, 0.2) is 48.5 Å². The summed E-state index contributed by atoms with van der Waals surface area (Å²) in [6, 6.07) is 13.9. The summed E-state index contributed by atoms with van der Waals surface area (Å²) in [6.45, 7) is 1.50. The van der Waals surface area contributed by atoms with Crippen molar-refractivity contribution < 1.29 is 4.79 Å². The second-order valence-electron chi connectivity index (χ2n) is 3.74. The fourth-order valence-electron chi connectivity index (χ4n) is 1.77. The van der Waals surface area contributed by atoms with Gasteiger partial charge in [-0.2, -0.15) is 0 Å². The Morgan fingerprint density at radius 1 is 1.12 bits per heavy atom. The molecule has 0 heterocycles. The van der Waals surface area contributed by atoms with Crippen LogP contribution in [0.4, 0.5) is 0 Å². The van der Waals surface area contributed by atoms with Crippen LogP contribution in [-0.2, 0) is 4.79 Å². The molecule has 2 nitrogen and oxygen atoms in total. The molecule has 2 heteroatoms. The molecule has 0 amide bonds. The van der Waals surface area contributed by atoms with Gasteiger partial charge in [-0.25, -0.2) is 0 Å². The Balaban J connectivity index is 2.65. The Bertz CT molecular complexity index is 564. The number of carbonyl (C=O) groups is 1. The van der Waals surface area contributed by atoms with E-state index < -0.39 is 0 Å². The molecule has 16 heavy (non-hydrogen) atoms. The van der Waals surface area contributed by atoms with Gasteiger partial charge < -0.3 is 5.73 Å². The van der Waals surface area contributed by atoms with E-state index in [1.54, 1.807) is 0 Å². The number of fused-ring (bicyclic) bond motifs is 1. The highest BCUT2D eigenvalue weighted by Gasteiger charge is 2.03. The van der Waals surface area contributed by atoms with E-state index in [2.05, 4.69) is 0 Å². The highest BCUT2D eigenvalue weighted by atomic mass is 16.1. The van der Waals surface area contributed by atoms with Crippen LogP contribution in [0.5, 0.6) is 0 Å². The maximum Gasteiger partial charge on any atom is 0.154 e. The second kappa shape index (κ2) is 4.19. The van der Waals surface area contributed by atoms with E-state index in [1.165, 1.54) is 13.0 Å². The largest absolute Gasteiger partial charge is 0.398 e. The first-order chi connectivity index (χ1) is 7.68. The van der Waals surface area contributed by atoms with E-state index in [4.69, 9.17) is 5.73 Å². The number of ketones is 1. The molecule has 0 radical (unpaired) electrons. The SMILES string of the molecule is CC(=O)C=C(N)c1cccc2ccccc12. The lowest BCUT2D eigenvalue weighted by Gasteiger charge is -2.06. The molecule has 2 rings (SSSR count). The number of rotatable bonds is 2. The Hall–Kier alpha value is -2.09. The number of hydrogen-bond donors (Lipinski definition) is 1. The summed E-state index contributed by atoms with van der Waals surface area (Å²) in [5.74, 6) is -0.0366. The third kappa shape index (κ3) is 1.96. The smallest absolute Gasteiger partial charge is 0.154 e. The maximum atomic E-state index is 11.0.